The molecule has 0 aliphatic heterocycles. The third kappa shape index (κ3) is 2.01. The number of Topliss-reactive ketones (excluding diaryl/α,β-unsaturated/α-hetero) is 1. The molecule has 0 saturated heterocycles. The molecule has 3 rings (SSSR count). The first-order valence-corrected chi connectivity index (χ1v) is 6.12. The van der Waals surface area contributed by atoms with Gasteiger partial charge in [-0.3, -0.25) is 4.79 Å². The van der Waals surface area contributed by atoms with E-state index in [1.54, 1.807) is 25.0 Å². The Bertz CT molecular complexity index is 460. The third-order valence-corrected chi connectivity index (χ3v) is 3.29. The zero-order valence-corrected chi connectivity index (χ0v) is 10.0. The summed E-state index contributed by atoms with van der Waals surface area (Å²) in [4.78, 5) is 19.5. The average molecular weight is 245 g/mol. The highest BCUT2D eigenvalue weighted by molar-refractivity contribution is 5.79. The van der Waals surface area contributed by atoms with Crippen LogP contribution >= 0.6 is 0 Å². The summed E-state index contributed by atoms with van der Waals surface area (Å²) in [7, 11) is 0. The molecule has 1 fully saturated rings. The molecule has 0 aromatic carbocycles. The lowest BCUT2D eigenvalue weighted by molar-refractivity contribution is -0.120. The van der Waals surface area contributed by atoms with Crippen molar-refractivity contribution in [2.45, 2.75) is 31.7 Å². The Morgan fingerprint density at radius 3 is 2.06 bits per heavy atom. The standard InChI is InChI=1S/C12H15N5O/c18-12-3-1-11(2-4-12)17(15-7-5-13-9-15)16-8-6-14-10-16/h5-11H,1-4H2. The van der Waals surface area contributed by atoms with Crippen LogP contribution in [0.4, 0.5) is 0 Å². The van der Waals surface area contributed by atoms with Crippen molar-refractivity contribution in [3.05, 3.63) is 37.4 Å². The highest BCUT2D eigenvalue weighted by Crippen LogP contribution is 2.20. The lowest BCUT2D eigenvalue weighted by atomic mass is 9.94. The lowest BCUT2D eigenvalue weighted by Crippen LogP contribution is -2.48. The molecule has 0 unspecified atom stereocenters. The first-order chi connectivity index (χ1) is 8.84. The minimum Gasteiger partial charge on any atom is -0.300 e. The number of carbonyl (C=O) groups excluding carboxylic acids is 1. The van der Waals surface area contributed by atoms with Crippen LogP contribution in [-0.2, 0) is 4.79 Å². The fourth-order valence-corrected chi connectivity index (χ4v) is 2.40. The molecule has 0 bridgehead atoms. The van der Waals surface area contributed by atoms with Gasteiger partial charge in [0.05, 0.1) is 6.04 Å². The highest BCUT2D eigenvalue weighted by Gasteiger charge is 2.25. The van der Waals surface area contributed by atoms with Crippen molar-refractivity contribution in [3.8, 4) is 0 Å². The molecule has 1 aliphatic rings. The summed E-state index contributed by atoms with van der Waals surface area (Å²) in [5, 5.41) is 2.09. The van der Waals surface area contributed by atoms with Gasteiger partial charge >= 0.3 is 0 Å². The zero-order chi connectivity index (χ0) is 12.4. The highest BCUT2D eigenvalue weighted by atomic mass is 16.1. The molecule has 18 heavy (non-hydrogen) atoms. The van der Waals surface area contributed by atoms with Crippen LogP contribution in [0.5, 0.6) is 0 Å². The van der Waals surface area contributed by atoms with Crippen LogP contribution in [0.2, 0.25) is 0 Å². The summed E-state index contributed by atoms with van der Waals surface area (Å²) in [5.41, 5.74) is 0. The number of aromatic nitrogens is 4. The number of rotatable bonds is 3. The van der Waals surface area contributed by atoms with Crippen molar-refractivity contribution in [1.29, 1.82) is 0 Å². The molecule has 94 valence electrons. The Balaban J connectivity index is 1.88. The van der Waals surface area contributed by atoms with Crippen molar-refractivity contribution in [1.82, 2.24) is 19.3 Å². The summed E-state index contributed by atoms with van der Waals surface area (Å²) in [6.45, 7) is 0. The number of nitrogens with zero attached hydrogens (tertiary/aromatic N) is 5. The second kappa shape index (κ2) is 4.64. The third-order valence-electron chi connectivity index (χ3n) is 3.29. The van der Waals surface area contributed by atoms with Gasteiger partial charge in [0.1, 0.15) is 18.4 Å². The van der Waals surface area contributed by atoms with Gasteiger partial charge in [-0.1, -0.05) is 0 Å². The second-order valence-corrected chi connectivity index (χ2v) is 4.48. The van der Waals surface area contributed by atoms with Gasteiger partial charge in [-0.2, -0.15) is 0 Å². The topological polar surface area (TPSA) is 56.0 Å². The zero-order valence-electron chi connectivity index (χ0n) is 10.0. The quantitative estimate of drug-likeness (QED) is 0.809. The molecule has 0 amide bonds. The first kappa shape index (κ1) is 11.0. The van der Waals surface area contributed by atoms with Gasteiger partial charge in [-0.25, -0.2) is 24.4 Å². The van der Waals surface area contributed by atoms with Crippen LogP contribution in [0.25, 0.3) is 0 Å². The Labute approximate surface area is 105 Å². The Morgan fingerprint density at radius 2 is 1.61 bits per heavy atom. The van der Waals surface area contributed by atoms with E-state index in [1.807, 2.05) is 21.7 Å². The van der Waals surface area contributed by atoms with Crippen LogP contribution < -0.4 is 5.12 Å². The van der Waals surface area contributed by atoms with E-state index in [9.17, 15) is 4.79 Å². The van der Waals surface area contributed by atoms with E-state index in [0.717, 1.165) is 12.8 Å². The van der Waals surface area contributed by atoms with E-state index in [2.05, 4.69) is 15.1 Å². The van der Waals surface area contributed by atoms with Gasteiger partial charge in [0, 0.05) is 37.6 Å². The molecule has 6 nitrogen and oxygen atoms in total. The fraction of sp³-hybridized carbons (Fsp3) is 0.417. The molecule has 1 saturated carbocycles. The van der Waals surface area contributed by atoms with Gasteiger partial charge in [-0.05, 0) is 12.8 Å². The summed E-state index contributed by atoms with van der Waals surface area (Å²) in [5.74, 6) is 0.363. The van der Waals surface area contributed by atoms with E-state index < -0.39 is 0 Å². The maximum Gasteiger partial charge on any atom is 0.133 e. The molecule has 0 N–H and O–H groups in total. The predicted octanol–water partition coefficient (Wildman–Crippen LogP) is 0.993. The SMILES string of the molecule is O=C1CCC(N(n2ccnc2)n2ccnc2)CC1. The van der Waals surface area contributed by atoms with Crippen molar-refractivity contribution in [2.24, 2.45) is 0 Å². The minimum absolute atomic E-state index is 0.297. The number of ketones is 1. The van der Waals surface area contributed by atoms with E-state index in [4.69, 9.17) is 0 Å². The van der Waals surface area contributed by atoms with Gasteiger partial charge in [-0.15, -0.1) is 0 Å². The van der Waals surface area contributed by atoms with Gasteiger partial charge in [0.15, 0.2) is 0 Å². The summed E-state index contributed by atoms with van der Waals surface area (Å²) >= 11 is 0. The van der Waals surface area contributed by atoms with Crippen LogP contribution in [0.3, 0.4) is 0 Å². The van der Waals surface area contributed by atoms with Crippen LogP contribution in [0.1, 0.15) is 25.7 Å². The van der Waals surface area contributed by atoms with E-state index in [0.29, 0.717) is 24.7 Å². The lowest BCUT2D eigenvalue weighted by Gasteiger charge is -2.35. The first-order valence-electron chi connectivity index (χ1n) is 6.12. The molecule has 2 heterocycles. The van der Waals surface area contributed by atoms with E-state index in [1.165, 1.54) is 0 Å². The summed E-state index contributed by atoms with van der Waals surface area (Å²) < 4.78 is 3.87. The fourth-order valence-electron chi connectivity index (χ4n) is 2.40. The largest absolute Gasteiger partial charge is 0.300 e. The van der Waals surface area contributed by atoms with Crippen molar-refractivity contribution in [3.63, 3.8) is 0 Å². The van der Waals surface area contributed by atoms with Crippen LogP contribution in [0, 0.1) is 0 Å². The molecular weight excluding hydrogens is 230 g/mol. The maximum atomic E-state index is 11.3. The van der Waals surface area contributed by atoms with Crippen molar-refractivity contribution < 1.29 is 4.79 Å². The van der Waals surface area contributed by atoms with E-state index in [-0.39, 0.29) is 0 Å². The number of hydrogen-bond acceptors (Lipinski definition) is 4. The smallest absolute Gasteiger partial charge is 0.133 e. The second-order valence-electron chi connectivity index (χ2n) is 4.48. The van der Waals surface area contributed by atoms with Crippen LogP contribution in [-0.4, -0.2) is 31.1 Å². The molecule has 2 aromatic rings. The van der Waals surface area contributed by atoms with E-state index >= 15 is 0 Å². The minimum atomic E-state index is 0.297. The Hall–Kier alpha value is -2.11. The predicted molar refractivity (Wildman–Crippen MR) is 65.3 cm³/mol. The van der Waals surface area contributed by atoms with Gasteiger partial charge < -0.3 is 0 Å². The summed E-state index contributed by atoms with van der Waals surface area (Å²) in [6, 6.07) is 0.297. The normalized spacial score (nSPS) is 17.0. The number of hydrogen-bond donors (Lipinski definition) is 0. The number of carbonyl (C=O) groups is 1. The Morgan fingerprint density at radius 1 is 1.06 bits per heavy atom. The molecule has 0 atom stereocenters. The molecule has 0 radical (unpaired) electrons. The maximum absolute atomic E-state index is 11.3. The molecule has 6 heteroatoms. The van der Waals surface area contributed by atoms with Gasteiger partial charge in [0.2, 0.25) is 0 Å². The molecule has 0 spiro atoms. The molecular formula is C12H15N5O. The van der Waals surface area contributed by atoms with Crippen LogP contribution in [0.15, 0.2) is 37.4 Å². The summed E-state index contributed by atoms with van der Waals surface area (Å²) in [6.07, 6.45) is 13.9. The molecule has 1 aliphatic carbocycles. The van der Waals surface area contributed by atoms with Gasteiger partial charge in [0.25, 0.3) is 0 Å². The Kier molecular flexibility index (Phi) is 2.84. The number of imidazole rings is 2. The van der Waals surface area contributed by atoms with Crippen molar-refractivity contribution >= 4 is 5.78 Å². The van der Waals surface area contributed by atoms with Crippen molar-refractivity contribution in [2.75, 3.05) is 5.12 Å². The molecule has 2 aromatic heterocycles. The average Bonchev–Trinajstić information content (AvgIpc) is 3.06. The monoisotopic (exact) mass is 245 g/mol.